The summed E-state index contributed by atoms with van der Waals surface area (Å²) in [4.78, 5) is 34.5. The number of pyridine rings is 1. The molecule has 1 amide bonds. The first-order valence-corrected chi connectivity index (χ1v) is 11.0. The van der Waals surface area contributed by atoms with Gasteiger partial charge in [0.2, 0.25) is 5.91 Å². The molecule has 3 N–H and O–H groups in total. The molecule has 0 unspecified atom stereocenters. The number of allylic oxidation sites excluding steroid dienone is 1. The van der Waals surface area contributed by atoms with E-state index in [1.807, 2.05) is 24.8 Å². The Morgan fingerprint density at radius 3 is 1.97 bits per heavy atom. The van der Waals surface area contributed by atoms with Crippen LogP contribution in [-0.2, 0) is 9.59 Å². The van der Waals surface area contributed by atoms with Crippen LogP contribution in [0.1, 0.15) is 39.5 Å². The van der Waals surface area contributed by atoms with E-state index >= 15 is 0 Å². The molecule has 7 nitrogen and oxygen atoms in total. The minimum absolute atomic E-state index is 0. The van der Waals surface area contributed by atoms with E-state index in [1.165, 1.54) is 11.8 Å². The molecule has 0 aliphatic heterocycles. The van der Waals surface area contributed by atoms with Crippen molar-refractivity contribution in [2.45, 2.75) is 40.0 Å². The number of ketones is 1. The van der Waals surface area contributed by atoms with Gasteiger partial charge in [-0.05, 0) is 38.7 Å². The molecule has 0 fully saturated rings. The number of nitrogens with two attached hydrogens (primary N) is 1. The Labute approximate surface area is 186 Å². The number of carbonyl (C=O) groups is 2. The number of aromatic nitrogens is 1. The smallest absolute Gasteiger partial charge is 0.267 e. The molecule has 0 saturated carbocycles. The highest BCUT2D eigenvalue weighted by Gasteiger charge is 2.05. The van der Waals surface area contributed by atoms with E-state index in [0.717, 1.165) is 14.8 Å². The van der Waals surface area contributed by atoms with Gasteiger partial charge in [0.15, 0.2) is 5.78 Å². The lowest BCUT2D eigenvalue weighted by molar-refractivity contribution is -0.117. The molecule has 1 heterocycles. The van der Waals surface area contributed by atoms with Gasteiger partial charge in [-0.15, -0.1) is 35.3 Å². The zero-order valence-corrected chi connectivity index (χ0v) is 18.2. The SMILES string of the molecule is C.C.CSC(=CC(C)=O)SC.CSc1cc(C)[nH]c(=O)c1C#N.N#CCC(N)=O. The fourth-order valence-corrected chi connectivity index (χ4v) is 3.24. The molecule has 1 aromatic rings. The summed E-state index contributed by atoms with van der Waals surface area (Å²) < 4.78 is 1.07. The van der Waals surface area contributed by atoms with E-state index in [9.17, 15) is 14.4 Å². The van der Waals surface area contributed by atoms with Gasteiger partial charge >= 0.3 is 0 Å². The van der Waals surface area contributed by atoms with Crippen molar-refractivity contribution in [1.29, 1.82) is 10.5 Å². The monoisotopic (exact) mass is 458 g/mol. The quantitative estimate of drug-likeness (QED) is 0.497. The Kier molecular flexibility index (Phi) is 24.4. The van der Waals surface area contributed by atoms with Gasteiger partial charge in [0.1, 0.15) is 18.1 Å². The van der Waals surface area contributed by atoms with Crippen LogP contribution in [0, 0.1) is 29.6 Å². The number of primary amides is 1. The Balaban J connectivity index is -0.000000165. The first kappa shape index (κ1) is 34.4. The van der Waals surface area contributed by atoms with E-state index in [4.69, 9.17) is 10.5 Å². The van der Waals surface area contributed by atoms with Crippen LogP contribution >= 0.6 is 35.3 Å². The number of thioether (sulfide) groups is 3. The summed E-state index contributed by atoms with van der Waals surface area (Å²) in [5, 5.41) is 16.3. The first-order chi connectivity index (χ1) is 12.7. The maximum atomic E-state index is 11.2. The minimum Gasteiger partial charge on any atom is -0.369 e. The van der Waals surface area contributed by atoms with Gasteiger partial charge in [-0.2, -0.15) is 10.5 Å². The van der Waals surface area contributed by atoms with Crippen LogP contribution in [-0.4, -0.2) is 35.4 Å². The molecule has 1 rings (SSSR count). The van der Waals surface area contributed by atoms with Crippen molar-refractivity contribution in [3.8, 4) is 12.1 Å². The van der Waals surface area contributed by atoms with Gasteiger partial charge in [-0.3, -0.25) is 14.4 Å². The number of hydrogen-bond acceptors (Lipinski definition) is 8. The Morgan fingerprint density at radius 1 is 1.21 bits per heavy atom. The lowest BCUT2D eigenvalue weighted by Gasteiger charge is -1.99. The highest BCUT2D eigenvalue weighted by atomic mass is 32.2. The maximum Gasteiger partial charge on any atom is 0.267 e. The number of aromatic amines is 1. The lowest BCUT2D eigenvalue weighted by Crippen LogP contribution is -2.12. The van der Waals surface area contributed by atoms with Gasteiger partial charge in [-0.25, -0.2) is 0 Å². The van der Waals surface area contributed by atoms with Gasteiger partial charge < -0.3 is 10.7 Å². The molecule has 0 aliphatic carbocycles. The molecule has 0 saturated heterocycles. The summed E-state index contributed by atoms with van der Waals surface area (Å²) >= 11 is 4.61. The second kappa shape index (κ2) is 20.6. The van der Waals surface area contributed by atoms with Crippen molar-refractivity contribution in [1.82, 2.24) is 4.98 Å². The molecule has 162 valence electrons. The van der Waals surface area contributed by atoms with Crippen LogP contribution in [0.15, 0.2) is 26.1 Å². The van der Waals surface area contributed by atoms with Crippen LogP contribution < -0.4 is 11.3 Å². The Hall–Kier alpha value is -2.14. The summed E-state index contributed by atoms with van der Waals surface area (Å²) in [6.07, 6.45) is 7.24. The van der Waals surface area contributed by atoms with Crippen molar-refractivity contribution in [2.75, 3.05) is 18.8 Å². The maximum absolute atomic E-state index is 11.2. The zero-order valence-electron chi connectivity index (χ0n) is 15.8. The molecule has 29 heavy (non-hydrogen) atoms. The van der Waals surface area contributed by atoms with Crippen molar-refractivity contribution in [3.63, 3.8) is 0 Å². The molecule has 0 radical (unpaired) electrons. The molecule has 10 heteroatoms. The van der Waals surface area contributed by atoms with Crippen LogP contribution in [0.4, 0.5) is 0 Å². The van der Waals surface area contributed by atoms with Gasteiger partial charge in [0.25, 0.3) is 5.56 Å². The summed E-state index contributed by atoms with van der Waals surface area (Å²) in [5.41, 5.74) is 5.22. The van der Waals surface area contributed by atoms with E-state index in [0.29, 0.717) is 0 Å². The standard InChI is InChI=1S/C8H8N2OS.C6H10OS2.C3H4N2O.2CH4/c1-5-3-7(12-2)6(4-9)8(11)10-5;1-5(7)4-6(8-2)9-3;4-2-1-3(5)6;;/h3H,1-2H3,(H,10,11);4H,1-3H3;1H2,(H2,5,6);2*1H4. The number of aryl methyl sites for hydroxylation is 1. The van der Waals surface area contributed by atoms with Gasteiger partial charge in [0, 0.05) is 20.9 Å². The first-order valence-electron chi connectivity index (χ1n) is 7.30. The van der Waals surface area contributed by atoms with E-state index in [1.54, 1.807) is 55.6 Å². The van der Waals surface area contributed by atoms with Crippen molar-refractivity contribution in [3.05, 3.63) is 38.0 Å². The lowest BCUT2D eigenvalue weighted by atomic mass is 10.3. The number of H-pyrrole nitrogens is 1. The van der Waals surface area contributed by atoms with Gasteiger partial charge in [-0.1, -0.05) is 14.9 Å². The van der Waals surface area contributed by atoms with Crippen LogP contribution in [0.3, 0.4) is 0 Å². The highest BCUT2D eigenvalue weighted by Crippen LogP contribution is 2.22. The summed E-state index contributed by atoms with van der Waals surface area (Å²) in [6, 6.07) is 5.27. The van der Waals surface area contributed by atoms with E-state index in [-0.39, 0.29) is 38.2 Å². The third kappa shape index (κ3) is 17.7. The molecule has 0 aliphatic rings. The van der Waals surface area contributed by atoms with E-state index in [2.05, 4.69) is 10.7 Å². The molecule has 0 spiro atoms. The van der Waals surface area contributed by atoms with Crippen molar-refractivity contribution >= 4 is 47.0 Å². The number of nitrogens with one attached hydrogen (secondary N) is 1. The molecular weight excluding hydrogens is 428 g/mol. The predicted molar refractivity (Wildman–Crippen MR) is 127 cm³/mol. The third-order valence-corrected chi connectivity index (χ3v) is 5.24. The highest BCUT2D eigenvalue weighted by molar-refractivity contribution is 8.21. The number of rotatable bonds is 5. The van der Waals surface area contributed by atoms with Gasteiger partial charge in [0.05, 0.1) is 6.07 Å². The molecule has 0 aromatic carbocycles. The second-order valence-electron chi connectivity index (χ2n) is 4.62. The largest absolute Gasteiger partial charge is 0.369 e. The van der Waals surface area contributed by atoms with Crippen molar-refractivity contribution in [2.24, 2.45) is 5.73 Å². The number of carbonyl (C=O) groups excluding carboxylic acids is 2. The molecule has 0 atom stereocenters. The topological polar surface area (TPSA) is 141 Å². The van der Waals surface area contributed by atoms with Crippen LogP contribution in [0.5, 0.6) is 0 Å². The fraction of sp³-hybridized carbons (Fsp3) is 0.421. The minimum atomic E-state index is -0.572. The van der Waals surface area contributed by atoms with Crippen molar-refractivity contribution < 1.29 is 9.59 Å². The van der Waals surface area contributed by atoms with Crippen LogP contribution in [0.25, 0.3) is 0 Å². The van der Waals surface area contributed by atoms with E-state index < -0.39 is 5.91 Å². The number of nitriles is 2. The predicted octanol–water partition coefficient (Wildman–Crippen LogP) is 4.08. The number of nitrogens with zero attached hydrogens (tertiary/aromatic N) is 2. The Morgan fingerprint density at radius 2 is 1.72 bits per heavy atom. The molecule has 0 bridgehead atoms. The second-order valence-corrected chi connectivity index (χ2v) is 7.42. The summed E-state index contributed by atoms with van der Waals surface area (Å²) in [6.45, 7) is 3.36. The zero-order chi connectivity index (χ0) is 21.4. The Bertz CT molecular complexity index is 800. The molecule has 1 aromatic heterocycles. The normalized spacial score (nSPS) is 7.97. The van der Waals surface area contributed by atoms with Crippen LogP contribution in [0.2, 0.25) is 0 Å². The number of hydrogen-bond donors (Lipinski definition) is 2. The average molecular weight is 459 g/mol. The number of amides is 1. The fourth-order valence-electron chi connectivity index (χ4n) is 1.37. The molecular formula is C19H30N4O3S3. The summed E-state index contributed by atoms with van der Waals surface area (Å²) in [7, 11) is 0. The summed E-state index contributed by atoms with van der Waals surface area (Å²) in [5.74, 6) is -0.453. The third-order valence-electron chi connectivity index (χ3n) is 2.44. The average Bonchev–Trinajstić information content (AvgIpc) is 2.59.